The molecule has 2 aromatic rings. The minimum atomic E-state index is -0.179. The third-order valence-corrected chi connectivity index (χ3v) is 3.40. The molecule has 0 aliphatic heterocycles. The average Bonchev–Trinajstić information content (AvgIpc) is 2.39. The lowest BCUT2D eigenvalue weighted by Crippen LogP contribution is -2.19. The summed E-state index contributed by atoms with van der Waals surface area (Å²) in [6.45, 7) is 4.46. The van der Waals surface area contributed by atoms with Crippen LogP contribution in [0.15, 0.2) is 42.5 Å². The van der Waals surface area contributed by atoms with Crippen molar-refractivity contribution in [2.45, 2.75) is 20.0 Å². The Morgan fingerprint density at radius 3 is 2.53 bits per heavy atom. The summed E-state index contributed by atoms with van der Waals surface area (Å²) in [6, 6.07) is 13.8. The summed E-state index contributed by atoms with van der Waals surface area (Å²) in [5, 5.41) is 0.618. The highest BCUT2D eigenvalue weighted by molar-refractivity contribution is 6.32. The van der Waals surface area contributed by atoms with Crippen LogP contribution < -0.4 is 10.5 Å². The summed E-state index contributed by atoms with van der Waals surface area (Å²) in [7, 11) is 0. The van der Waals surface area contributed by atoms with E-state index in [4.69, 9.17) is 22.1 Å². The predicted molar refractivity (Wildman–Crippen MR) is 79.8 cm³/mol. The van der Waals surface area contributed by atoms with E-state index >= 15 is 0 Å². The molecule has 100 valence electrons. The van der Waals surface area contributed by atoms with Gasteiger partial charge in [-0.2, -0.15) is 0 Å². The standard InChI is InChI=1S/C16H18ClNO/c1-11-7-8-15(14(17)9-11)19-16(10-18)13-6-4-3-5-12(13)2/h3-9,16H,10,18H2,1-2H3. The van der Waals surface area contributed by atoms with Crippen LogP contribution in [0.2, 0.25) is 5.02 Å². The van der Waals surface area contributed by atoms with Crippen molar-refractivity contribution in [2.24, 2.45) is 5.73 Å². The van der Waals surface area contributed by atoms with Crippen molar-refractivity contribution in [1.29, 1.82) is 0 Å². The average molecular weight is 276 g/mol. The first-order valence-electron chi connectivity index (χ1n) is 6.30. The second kappa shape index (κ2) is 6.09. The van der Waals surface area contributed by atoms with Gasteiger partial charge in [0, 0.05) is 6.54 Å². The second-order valence-electron chi connectivity index (χ2n) is 4.63. The monoisotopic (exact) mass is 275 g/mol. The van der Waals surface area contributed by atoms with E-state index in [9.17, 15) is 0 Å². The van der Waals surface area contributed by atoms with E-state index in [1.807, 2.05) is 43.3 Å². The number of rotatable bonds is 4. The van der Waals surface area contributed by atoms with Gasteiger partial charge in [-0.25, -0.2) is 0 Å². The van der Waals surface area contributed by atoms with E-state index in [0.29, 0.717) is 17.3 Å². The second-order valence-corrected chi connectivity index (χ2v) is 5.04. The maximum absolute atomic E-state index is 6.19. The van der Waals surface area contributed by atoms with Crippen LogP contribution in [-0.4, -0.2) is 6.54 Å². The molecule has 2 nitrogen and oxygen atoms in total. The lowest BCUT2D eigenvalue weighted by molar-refractivity contribution is 0.213. The highest BCUT2D eigenvalue weighted by Gasteiger charge is 2.15. The minimum absolute atomic E-state index is 0.179. The molecule has 0 amide bonds. The molecule has 2 N–H and O–H groups in total. The van der Waals surface area contributed by atoms with Crippen LogP contribution in [0.1, 0.15) is 22.8 Å². The normalized spacial score (nSPS) is 12.2. The molecule has 0 saturated heterocycles. The van der Waals surface area contributed by atoms with Gasteiger partial charge in [0.15, 0.2) is 0 Å². The van der Waals surface area contributed by atoms with Crippen molar-refractivity contribution in [1.82, 2.24) is 0 Å². The third-order valence-electron chi connectivity index (χ3n) is 3.11. The van der Waals surface area contributed by atoms with Gasteiger partial charge in [0.05, 0.1) is 5.02 Å². The topological polar surface area (TPSA) is 35.2 Å². The van der Waals surface area contributed by atoms with Gasteiger partial charge in [-0.05, 0) is 42.7 Å². The molecule has 0 radical (unpaired) electrons. The van der Waals surface area contributed by atoms with Gasteiger partial charge in [0.25, 0.3) is 0 Å². The quantitative estimate of drug-likeness (QED) is 0.914. The Kier molecular flexibility index (Phi) is 4.46. The molecule has 0 saturated carbocycles. The fraction of sp³-hybridized carbons (Fsp3) is 0.250. The summed E-state index contributed by atoms with van der Waals surface area (Å²) in [6.07, 6.45) is -0.179. The molecule has 19 heavy (non-hydrogen) atoms. The first-order valence-corrected chi connectivity index (χ1v) is 6.68. The van der Waals surface area contributed by atoms with Crippen molar-refractivity contribution in [3.63, 3.8) is 0 Å². The van der Waals surface area contributed by atoms with E-state index in [0.717, 1.165) is 11.1 Å². The Morgan fingerprint density at radius 1 is 1.16 bits per heavy atom. The number of halogens is 1. The zero-order chi connectivity index (χ0) is 13.8. The van der Waals surface area contributed by atoms with E-state index in [1.165, 1.54) is 5.56 Å². The van der Waals surface area contributed by atoms with E-state index in [-0.39, 0.29) is 6.10 Å². The van der Waals surface area contributed by atoms with Gasteiger partial charge in [-0.15, -0.1) is 0 Å². The number of hydrogen-bond acceptors (Lipinski definition) is 2. The number of aryl methyl sites for hydroxylation is 2. The number of ether oxygens (including phenoxy) is 1. The molecule has 3 heteroatoms. The van der Waals surface area contributed by atoms with Gasteiger partial charge in [0.1, 0.15) is 11.9 Å². The van der Waals surface area contributed by atoms with Crippen molar-refractivity contribution in [2.75, 3.05) is 6.54 Å². The summed E-state index contributed by atoms with van der Waals surface area (Å²) < 4.78 is 5.96. The minimum Gasteiger partial charge on any atom is -0.483 e. The molecule has 2 aromatic carbocycles. The molecular formula is C16H18ClNO. The van der Waals surface area contributed by atoms with Crippen molar-refractivity contribution in [3.8, 4) is 5.75 Å². The van der Waals surface area contributed by atoms with Crippen LogP contribution in [0.5, 0.6) is 5.75 Å². The Balaban J connectivity index is 2.27. The molecule has 0 spiro atoms. The molecule has 2 rings (SSSR count). The van der Waals surface area contributed by atoms with Gasteiger partial charge >= 0.3 is 0 Å². The molecule has 0 aromatic heterocycles. The summed E-state index contributed by atoms with van der Waals surface area (Å²) in [5.41, 5.74) is 9.21. The number of benzene rings is 2. The fourth-order valence-electron chi connectivity index (χ4n) is 2.04. The van der Waals surface area contributed by atoms with Crippen LogP contribution in [0.3, 0.4) is 0 Å². The zero-order valence-electron chi connectivity index (χ0n) is 11.2. The molecule has 0 fully saturated rings. The Morgan fingerprint density at radius 2 is 1.89 bits per heavy atom. The summed E-state index contributed by atoms with van der Waals surface area (Å²) in [4.78, 5) is 0. The Hall–Kier alpha value is -1.51. The first kappa shape index (κ1) is 13.9. The number of hydrogen-bond donors (Lipinski definition) is 1. The van der Waals surface area contributed by atoms with E-state index in [2.05, 4.69) is 13.0 Å². The van der Waals surface area contributed by atoms with Gasteiger partial charge in [0.2, 0.25) is 0 Å². The van der Waals surface area contributed by atoms with E-state index < -0.39 is 0 Å². The molecule has 0 heterocycles. The Bertz CT molecular complexity index is 568. The molecule has 0 bridgehead atoms. The third kappa shape index (κ3) is 3.28. The van der Waals surface area contributed by atoms with Gasteiger partial charge in [-0.1, -0.05) is 41.9 Å². The fourth-order valence-corrected chi connectivity index (χ4v) is 2.32. The highest BCUT2D eigenvalue weighted by Crippen LogP contribution is 2.30. The molecule has 1 unspecified atom stereocenters. The zero-order valence-corrected chi connectivity index (χ0v) is 11.9. The SMILES string of the molecule is Cc1ccc(OC(CN)c2ccccc2C)c(Cl)c1. The maximum atomic E-state index is 6.19. The first-order chi connectivity index (χ1) is 9.11. The molecular weight excluding hydrogens is 258 g/mol. The van der Waals surface area contributed by atoms with Gasteiger partial charge in [-0.3, -0.25) is 0 Å². The summed E-state index contributed by atoms with van der Waals surface area (Å²) >= 11 is 6.19. The maximum Gasteiger partial charge on any atom is 0.138 e. The Labute approximate surface area is 119 Å². The smallest absolute Gasteiger partial charge is 0.138 e. The highest BCUT2D eigenvalue weighted by atomic mass is 35.5. The van der Waals surface area contributed by atoms with Crippen molar-refractivity contribution >= 4 is 11.6 Å². The van der Waals surface area contributed by atoms with Crippen molar-refractivity contribution in [3.05, 3.63) is 64.2 Å². The predicted octanol–water partition coefficient (Wildman–Crippen LogP) is 4.04. The summed E-state index contributed by atoms with van der Waals surface area (Å²) in [5.74, 6) is 0.672. The lowest BCUT2D eigenvalue weighted by atomic mass is 10.0. The molecule has 0 aliphatic rings. The van der Waals surface area contributed by atoms with Crippen molar-refractivity contribution < 1.29 is 4.74 Å². The number of nitrogens with two attached hydrogens (primary N) is 1. The molecule has 1 atom stereocenters. The van der Waals surface area contributed by atoms with Crippen LogP contribution in [0.4, 0.5) is 0 Å². The van der Waals surface area contributed by atoms with Gasteiger partial charge < -0.3 is 10.5 Å². The lowest BCUT2D eigenvalue weighted by Gasteiger charge is -2.20. The largest absolute Gasteiger partial charge is 0.483 e. The van der Waals surface area contributed by atoms with Crippen LogP contribution in [0, 0.1) is 13.8 Å². The molecule has 0 aliphatic carbocycles. The van der Waals surface area contributed by atoms with Crippen LogP contribution >= 0.6 is 11.6 Å². The van der Waals surface area contributed by atoms with Crippen LogP contribution in [-0.2, 0) is 0 Å². The van der Waals surface area contributed by atoms with Crippen LogP contribution in [0.25, 0.3) is 0 Å². The van der Waals surface area contributed by atoms with E-state index in [1.54, 1.807) is 0 Å².